The lowest BCUT2D eigenvalue weighted by atomic mass is 9.65. The Bertz CT molecular complexity index is 2200. The first-order valence-corrected chi connectivity index (χ1v) is 22.7. The molecule has 0 spiro atoms. The summed E-state index contributed by atoms with van der Waals surface area (Å²) >= 11 is 0. The molecule has 0 heterocycles. The topological polar surface area (TPSA) is 198 Å². The molecule has 4 aromatic carbocycles. The molecule has 4 aromatic rings. The van der Waals surface area contributed by atoms with E-state index in [0.717, 1.165) is 31.8 Å². The molecule has 2 fully saturated rings. The van der Waals surface area contributed by atoms with Gasteiger partial charge in [0.25, 0.3) is 0 Å². The zero-order chi connectivity index (χ0) is 46.4. The van der Waals surface area contributed by atoms with Gasteiger partial charge < -0.3 is 40.6 Å². The van der Waals surface area contributed by atoms with E-state index in [4.69, 9.17) is 30.4 Å². The standard InChI is InChI=1S/C53H62N2O10/c1-3-62-45-28-15-40(16-29-45)50(58)64-47-24-10-36(11-25-47)9-23-44(56)35-52(33-38-5-19-42(54)20-6-38,34-39-7-21-43(55)22-8-39)53(60,61)49(57)32-14-37-12-26-48(27-13-37)65-51(59)41-17-30-46(31-18-41)63-4-2/h5-14,19-27,32,40-41,45-46,60-61H,3-4,15-18,28-31,33-35,54-55H2,1-2H3/b23-9+,32-14+. The van der Waals surface area contributed by atoms with Crippen LogP contribution in [0.2, 0.25) is 0 Å². The highest BCUT2D eigenvalue weighted by molar-refractivity contribution is 6.01. The van der Waals surface area contributed by atoms with Gasteiger partial charge in [0.2, 0.25) is 11.6 Å². The lowest BCUT2D eigenvalue weighted by Crippen LogP contribution is -2.57. The van der Waals surface area contributed by atoms with Crippen molar-refractivity contribution in [3.63, 3.8) is 0 Å². The van der Waals surface area contributed by atoms with Crippen LogP contribution in [0.25, 0.3) is 12.2 Å². The third-order valence-electron chi connectivity index (χ3n) is 12.5. The molecule has 6 rings (SSSR count). The van der Waals surface area contributed by atoms with Crippen molar-refractivity contribution in [3.05, 3.63) is 131 Å². The van der Waals surface area contributed by atoms with Crippen LogP contribution in [0.15, 0.2) is 109 Å². The maximum absolute atomic E-state index is 14.2. The van der Waals surface area contributed by atoms with E-state index in [0.29, 0.717) is 84.0 Å². The molecule has 2 aliphatic carbocycles. The predicted molar refractivity (Wildman–Crippen MR) is 250 cm³/mol. The molecule has 344 valence electrons. The van der Waals surface area contributed by atoms with E-state index in [1.165, 1.54) is 12.2 Å². The van der Waals surface area contributed by atoms with Gasteiger partial charge in [-0.25, -0.2) is 0 Å². The molecular formula is C53H62N2O10. The number of anilines is 2. The number of nitrogen functional groups attached to an aromatic ring is 2. The van der Waals surface area contributed by atoms with Crippen molar-refractivity contribution in [1.29, 1.82) is 0 Å². The van der Waals surface area contributed by atoms with Gasteiger partial charge >= 0.3 is 11.9 Å². The van der Waals surface area contributed by atoms with Gasteiger partial charge in [0.05, 0.1) is 24.0 Å². The van der Waals surface area contributed by atoms with Crippen LogP contribution in [0.5, 0.6) is 11.5 Å². The quantitative estimate of drug-likeness (QED) is 0.0218. The summed E-state index contributed by atoms with van der Waals surface area (Å²) in [6.07, 6.45) is 11.2. The maximum Gasteiger partial charge on any atom is 0.314 e. The van der Waals surface area contributed by atoms with E-state index < -0.39 is 29.2 Å². The Morgan fingerprint density at radius 1 is 0.569 bits per heavy atom. The number of carbonyl (C=O) groups is 4. The number of hydrogen-bond donors (Lipinski definition) is 4. The van der Waals surface area contributed by atoms with Gasteiger partial charge in [0.1, 0.15) is 11.5 Å². The lowest BCUT2D eigenvalue weighted by Gasteiger charge is -2.42. The highest BCUT2D eigenvalue weighted by atomic mass is 16.5. The molecule has 0 radical (unpaired) electrons. The zero-order valence-electron chi connectivity index (χ0n) is 37.4. The summed E-state index contributed by atoms with van der Waals surface area (Å²) in [6.45, 7) is 5.22. The summed E-state index contributed by atoms with van der Waals surface area (Å²) in [5, 5.41) is 24.4. The summed E-state index contributed by atoms with van der Waals surface area (Å²) in [7, 11) is 0. The molecule has 2 saturated carbocycles. The number of allylic oxidation sites excluding steroid dienone is 1. The van der Waals surface area contributed by atoms with E-state index in [1.807, 2.05) is 13.8 Å². The third kappa shape index (κ3) is 13.6. The lowest BCUT2D eigenvalue weighted by molar-refractivity contribution is -0.230. The number of ketones is 2. The third-order valence-corrected chi connectivity index (χ3v) is 12.5. The van der Waals surface area contributed by atoms with Crippen LogP contribution < -0.4 is 20.9 Å². The minimum Gasteiger partial charge on any atom is -0.426 e. The van der Waals surface area contributed by atoms with Crippen LogP contribution in [0.3, 0.4) is 0 Å². The second-order valence-electron chi connectivity index (χ2n) is 17.3. The van der Waals surface area contributed by atoms with Crippen molar-refractivity contribution < 1.29 is 48.3 Å². The average molecular weight is 887 g/mol. The van der Waals surface area contributed by atoms with Gasteiger partial charge in [0, 0.05) is 36.4 Å². The fourth-order valence-electron chi connectivity index (χ4n) is 8.84. The van der Waals surface area contributed by atoms with Crippen LogP contribution >= 0.6 is 0 Å². The zero-order valence-corrected chi connectivity index (χ0v) is 37.4. The van der Waals surface area contributed by atoms with E-state index in [1.54, 1.807) is 103 Å². The maximum atomic E-state index is 14.2. The average Bonchev–Trinajstić information content (AvgIpc) is 3.30. The van der Waals surface area contributed by atoms with Gasteiger partial charge in [0.15, 0.2) is 5.78 Å². The SMILES string of the molecule is CCOC1CCC(C(=O)Oc2ccc(/C=C/C(=O)CC(Cc3ccc(N)cc3)(Cc3ccc(N)cc3)C(O)(O)C(=O)/C=C/c3ccc(OC(=O)C4CCC(OCC)CC4)cc3)cc2)CC1. The summed E-state index contributed by atoms with van der Waals surface area (Å²) < 4.78 is 22.8. The Labute approximate surface area is 381 Å². The monoisotopic (exact) mass is 886 g/mol. The van der Waals surface area contributed by atoms with E-state index in [2.05, 4.69) is 0 Å². The van der Waals surface area contributed by atoms with Crippen LogP contribution in [0.4, 0.5) is 11.4 Å². The van der Waals surface area contributed by atoms with Crippen molar-refractivity contribution in [3.8, 4) is 11.5 Å². The second-order valence-corrected chi connectivity index (χ2v) is 17.3. The molecule has 0 aromatic heterocycles. The van der Waals surface area contributed by atoms with Gasteiger partial charge in [-0.2, -0.15) is 0 Å². The van der Waals surface area contributed by atoms with Gasteiger partial charge in [-0.3, -0.25) is 19.2 Å². The minimum absolute atomic E-state index is 0.0928. The molecule has 12 nitrogen and oxygen atoms in total. The van der Waals surface area contributed by atoms with Gasteiger partial charge in [-0.05, 0) is 161 Å². The van der Waals surface area contributed by atoms with Crippen LogP contribution in [-0.4, -0.2) is 64.9 Å². The minimum atomic E-state index is -3.07. The van der Waals surface area contributed by atoms with Gasteiger partial charge in [-0.1, -0.05) is 60.7 Å². The van der Waals surface area contributed by atoms with Crippen molar-refractivity contribution in [2.75, 3.05) is 24.7 Å². The Balaban J connectivity index is 1.19. The fraction of sp³-hybridized carbons (Fsp3) is 0.396. The number of carbonyl (C=O) groups excluding carboxylic acids is 4. The number of rotatable bonds is 20. The summed E-state index contributed by atoms with van der Waals surface area (Å²) in [5.41, 5.74) is 13.6. The van der Waals surface area contributed by atoms with E-state index in [-0.39, 0.29) is 48.8 Å². The number of ether oxygens (including phenoxy) is 4. The molecular weight excluding hydrogens is 825 g/mol. The molecule has 0 bridgehead atoms. The molecule has 6 N–H and O–H groups in total. The summed E-state index contributed by atoms with van der Waals surface area (Å²) in [6, 6.07) is 26.9. The predicted octanol–water partition coefficient (Wildman–Crippen LogP) is 8.26. The highest BCUT2D eigenvalue weighted by Gasteiger charge is 2.54. The number of benzene rings is 4. The Kier molecular flexibility index (Phi) is 17.0. The normalized spacial score (nSPS) is 19.3. The largest absolute Gasteiger partial charge is 0.426 e. The number of aliphatic hydroxyl groups is 2. The molecule has 12 heteroatoms. The fourth-order valence-corrected chi connectivity index (χ4v) is 8.84. The number of hydrogen-bond acceptors (Lipinski definition) is 12. The van der Waals surface area contributed by atoms with E-state index >= 15 is 0 Å². The second kappa shape index (κ2) is 22.8. The van der Waals surface area contributed by atoms with Crippen LogP contribution in [-0.2, 0) is 41.5 Å². The first-order chi connectivity index (χ1) is 31.2. The van der Waals surface area contributed by atoms with Crippen molar-refractivity contribution >= 4 is 47.0 Å². The smallest absolute Gasteiger partial charge is 0.314 e. The van der Waals surface area contributed by atoms with Crippen molar-refractivity contribution in [2.24, 2.45) is 17.3 Å². The Morgan fingerprint density at radius 3 is 1.34 bits per heavy atom. The molecule has 2 aliphatic rings. The first kappa shape index (κ1) is 48.5. The Hall–Kier alpha value is -5.92. The first-order valence-electron chi connectivity index (χ1n) is 22.7. The molecule has 0 unspecified atom stereocenters. The molecule has 0 atom stereocenters. The van der Waals surface area contributed by atoms with Crippen molar-refractivity contribution in [2.45, 2.75) is 102 Å². The molecule has 0 saturated heterocycles. The number of nitrogens with two attached hydrogens (primary N) is 2. The van der Waals surface area contributed by atoms with Gasteiger partial charge in [-0.15, -0.1) is 0 Å². The Morgan fingerprint density at radius 2 is 0.954 bits per heavy atom. The van der Waals surface area contributed by atoms with Crippen LogP contribution in [0, 0.1) is 17.3 Å². The van der Waals surface area contributed by atoms with Crippen LogP contribution in [0.1, 0.15) is 93.9 Å². The summed E-state index contributed by atoms with van der Waals surface area (Å²) in [5.74, 6) is -4.80. The molecule has 65 heavy (non-hydrogen) atoms. The van der Waals surface area contributed by atoms with Crippen molar-refractivity contribution in [1.82, 2.24) is 0 Å². The highest BCUT2D eigenvalue weighted by Crippen LogP contribution is 2.43. The molecule has 0 aliphatic heterocycles. The summed E-state index contributed by atoms with van der Waals surface area (Å²) in [4.78, 5) is 54.0. The molecule has 0 amide bonds. The van der Waals surface area contributed by atoms with E-state index in [9.17, 15) is 29.4 Å². The number of esters is 2.